The van der Waals surface area contributed by atoms with Gasteiger partial charge in [-0.3, -0.25) is 9.59 Å². The monoisotopic (exact) mass is 896 g/mol. The lowest BCUT2D eigenvalue weighted by atomic mass is 9.83. The normalized spacial score (nSPS) is 26.9. The van der Waals surface area contributed by atoms with Crippen LogP contribution < -0.4 is 5.73 Å². The number of benzene rings is 2. The van der Waals surface area contributed by atoms with Gasteiger partial charge in [0.2, 0.25) is 0 Å². The van der Waals surface area contributed by atoms with Crippen molar-refractivity contribution in [2.45, 2.75) is 254 Å². The Morgan fingerprint density at radius 2 is 1.02 bits per heavy atom. The van der Waals surface area contributed by atoms with E-state index in [1.165, 1.54) is 173 Å². The number of fused-ring (bicyclic) bond motifs is 2. The summed E-state index contributed by atoms with van der Waals surface area (Å²) in [5.74, 6) is -1.30. The number of carbonyl (C=O) groups is 2. The largest absolute Gasteiger partial charge is 0.744 e. The smallest absolute Gasteiger partial charge is 0.150 e. The molecule has 1 aliphatic carbocycles. The van der Waals surface area contributed by atoms with Crippen molar-refractivity contribution in [1.29, 1.82) is 0 Å². The molecule has 0 spiro atoms. The molecule has 2 aliphatic rings. The van der Waals surface area contributed by atoms with Gasteiger partial charge in [0.25, 0.3) is 0 Å². The molecule has 0 radical (unpaired) electrons. The van der Waals surface area contributed by atoms with Crippen molar-refractivity contribution >= 4 is 32.5 Å². The first-order valence-corrected chi connectivity index (χ1v) is 27.7. The third-order valence-electron chi connectivity index (χ3n) is 14.4. The Bertz CT molecular complexity index is 1660. The van der Waals surface area contributed by atoms with Gasteiger partial charge in [-0.15, -0.1) is 0 Å². The zero-order valence-corrected chi connectivity index (χ0v) is 40.6. The summed E-state index contributed by atoms with van der Waals surface area (Å²) in [5.41, 5.74) is 5.26. The molecule has 1 saturated carbocycles. The zero-order chi connectivity index (χ0) is 45.0. The minimum Gasteiger partial charge on any atom is -0.744 e. The van der Waals surface area contributed by atoms with Crippen LogP contribution in [0.3, 0.4) is 0 Å². The highest BCUT2D eigenvalue weighted by molar-refractivity contribution is 7.86. The molecule has 1 heterocycles. The number of quaternary nitrogens is 1. The average molecular weight is 896 g/mol. The average Bonchev–Trinajstić information content (AvgIpc) is 3.27. The van der Waals surface area contributed by atoms with Gasteiger partial charge in [0.05, 0.1) is 29.8 Å². The van der Waals surface area contributed by atoms with E-state index < -0.39 is 16.0 Å². The third kappa shape index (κ3) is 20.5. The van der Waals surface area contributed by atoms with Gasteiger partial charge < -0.3 is 19.8 Å². The molecule has 4 rings (SSSR count). The van der Waals surface area contributed by atoms with Crippen LogP contribution in [0.2, 0.25) is 0 Å². The minimum absolute atomic E-state index is 0.00132. The molecule has 5 atom stereocenters. The van der Waals surface area contributed by atoms with E-state index >= 15 is 0 Å². The minimum atomic E-state index is -4.79. The van der Waals surface area contributed by atoms with Gasteiger partial charge in [0, 0.05) is 25.4 Å². The SMILES string of the molecule is CCC1CC(=O)C(c2cccc3c(S(=O)(=O)[O-])cccc23)C(=O)CCOC2CCCCCCCCCCCCCCCC2C([NH3+])CCCCCCCCCCCCCCCCCO1. The first-order chi connectivity index (χ1) is 30.7. The van der Waals surface area contributed by atoms with Crippen LogP contribution in [0, 0.1) is 5.92 Å². The fourth-order valence-electron chi connectivity index (χ4n) is 10.5. The fourth-order valence-corrected chi connectivity index (χ4v) is 11.2. The Labute approximate surface area is 384 Å². The number of hydrogen-bond donors (Lipinski definition) is 1. The number of Topliss-reactive ketones (excluding diaryl/α,β-unsaturated/α-hetero) is 2. The number of ketones is 2. The Kier molecular flexibility index (Phi) is 26.9. The summed E-state index contributed by atoms with van der Waals surface area (Å²) >= 11 is 0. The lowest BCUT2D eigenvalue weighted by Gasteiger charge is -2.31. The molecular weight excluding hydrogens is 807 g/mol. The van der Waals surface area contributed by atoms with E-state index in [1.54, 1.807) is 24.3 Å². The van der Waals surface area contributed by atoms with Crippen molar-refractivity contribution in [3.8, 4) is 0 Å². The summed E-state index contributed by atoms with van der Waals surface area (Å²) in [6.45, 7) is 2.81. The predicted octanol–water partition coefficient (Wildman–Crippen LogP) is 13.3. The molecule has 63 heavy (non-hydrogen) atoms. The lowest BCUT2D eigenvalue weighted by molar-refractivity contribution is -0.440. The molecule has 2 fully saturated rings. The van der Waals surface area contributed by atoms with Gasteiger partial charge in [0.15, 0.2) is 0 Å². The van der Waals surface area contributed by atoms with Crippen LogP contribution in [0.15, 0.2) is 41.3 Å². The van der Waals surface area contributed by atoms with E-state index in [2.05, 4.69) is 0 Å². The maximum atomic E-state index is 14.6. The third-order valence-corrected chi connectivity index (χ3v) is 15.3. The molecule has 5 unspecified atom stereocenters. The molecule has 0 aromatic heterocycles. The summed E-state index contributed by atoms with van der Waals surface area (Å²) in [6, 6.07) is 9.79. The van der Waals surface area contributed by atoms with Crippen molar-refractivity contribution in [2.24, 2.45) is 5.92 Å². The van der Waals surface area contributed by atoms with Crippen LogP contribution in [0.4, 0.5) is 0 Å². The highest BCUT2D eigenvalue weighted by Gasteiger charge is 2.33. The van der Waals surface area contributed by atoms with Crippen LogP contribution in [-0.2, 0) is 29.2 Å². The van der Waals surface area contributed by atoms with E-state index in [0.717, 1.165) is 38.5 Å². The second kappa shape index (κ2) is 31.7. The number of rotatable bonds is 3. The number of ether oxygens (including phenoxy) is 2. The second-order valence-corrected chi connectivity index (χ2v) is 20.8. The van der Waals surface area contributed by atoms with Crippen molar-refractivity contribution in [2.75, 3.05) is 13.2 Å². The summed E-state index contributed by atoms with van der Waals surface area (Å²) < 4.78 is 50.2. The maximum absolute atomic E-state index is 14.6. The van der Waals surface area contributed by atoms with Crippen LogP contribution in [0.5, 0.6) is 0 Å². The Hall–Kier alpha value is -2.17. The van der Waals surface area contributed by atoms with Gasteiger partial charge in [0.1, 0.15) is 27.6 Å². The lowest BCUT2D eigenvalue weighted by Crippen LogP contribution is -2.66. The van der Waals surface area contributed by atoms with Crippen LogP contribution in [0.1, 0.15) is 237 Å². The molecular formula is C54H89NO7S. The van der Waals surface area contributed by atoms with Crippen LogP contribution in [0.25, 0.3) is 10.8 Å². The molecule has 0 bridgehead atoms. The highest BCUT2D eigenvalue weighted by atomic mass is 32.2. The maximum Gasteiger partial charge on any atom is 0.150 e. The topological polar surface area (TPSA) is 137 Å². The Morgan fingerprint density at radius 3 is 1.54 bits per heavy atom. The zero-order valence-electron chi connectivity index (χ0n) is 39.8. The summed E-state index contributed by atoms with van der Waals surface area (Å²) in [4.78, 5) is 28.8. The van der Waals surface area contributed by atoms with Gasteiger partial charge >= 0.3 is 0 Å². The van der Waals surface area contributed by atoms with E-state index in [9.17, 15) is 22.6 Å². The molecule has 8 nitrogen and oxygen atoms in total. The molecule has 9 heteroatoms. The Morgan fingerprint density at radius 1 is 0.556 bits per heavy atom. The summed E-state index contributed by atoms with van der Waals surface area (Å²) in [7, 11) is -4.79. The Balaban J connectivity index is 1.59. The van der Waals surface area contributed by atoms with Crippen molar-refractivity contribution < 1.29 is 37.8 Å². The molecule has 1 aliphatic heterocycles. The van der Waals surface area contributed by atoms with E-state index in [1.807, 2.05) is 6.92 Å². The van der Waals surface area contributed by atoms with E-state index in [4.69, 9.17) is 15.2 Å². The number of carbonyl (C=O) groups excluding carboxylic acids is 2. The van der Waals surface area contributed by atoms with Crippen LogP contribution in [-0.4, -0.2) is 56.0 Å². The van der Waals surface area contributed by atoms with Crippen molar-refractivity contribution in [3.05, 3.63) is 42.0 Å². The second-order valence-electron chi connectivity index (χ2n) is 19.5. The number of hydrogen-bond acceptors (Lipinski definition) is 7. The highest BCUT2D eigenvalue weighted by Crippen LogP contribution is 2.34. The quantitative estimate of drug-likeness (QED) is 0.239. The molecule has 3 N–H and O–H groups in total. The summed E-state index contributed by atoms with van der Waals surface area (Å²) in [5, 5.41) is 0.666. The van der Waals surface area contributed by atoms with Gasteiger partial charge in [-0.05, 0) is 60.9 Å². The van der Waals surface area contributed by atoms with Gasteiger partial charge in [-0.1, -0.05) is 204 Å². The van der Waals surface area contributed by atoms with Gasteiger partial charge in [-0.25, -0.2) is 8.42 Å². The van der Waals surface area contributed by atoms with E-state index in [-0.39, 0.29) is 59.5 Å². The standard InChI is InChI=1S/C54H89NO7S/c1-2-44-43-51(57)54(47-36-31-35-46-45(47)34-32-39-53(46)63(58,59)60)50(56)40-42-62-52-38-29-25-21-17-13-9-6-7-11-15-19-23-27-33-48(52)49(55)37-28-24-20-16-12-8-4-3-5-10-14-18-22-26-30-41-61-44/h31-32,34-36,39,44,48-49,52,54H,2-30,33,37-38,40-43,55H2,1H3,(H,58,59,60). The van der Waals surface area contributed by atoms with Crippen molar-refractivity contribution in [3.63, 3.8) is 0 Å². The van der Waals surface area contributed by atoms with Gasteiger partial charge in [-0.2, -0.15) is 0 Å². The molecule has 0 amide bonds. The van der Waals surface area contributed by atoms with Crippen LogP contribution >= 0.6 is 0 Å². The fraction of sp³-hybridized carbons (Fsp3) is 0.778. The predicted molar refractivity (Wildman–Crippen MR) is 257 cm³/mol. The van der Waals surface area contributed by atoms with E-state index in [0.29, 0.717) is 29.9 Å². The van der Waals surface area contributed by atoms with Crippen molar-refractivity contribution in [1.82, 2.24) is 0 Å². The molecule has 2 aromatic carbocycles. The summed E-state index contributed by atoms with van der Waals surface area (Å²) in [6.07, 6.45) is 39.1. The first-order valence-electron chi connectivity index (χ1n) is 26.3. The first kappa shape index (κ1) is 53.4. The molecule has 358 valence electrons. The molecule has 1 saturated heterocycles. The molecule has 2 aromatic rings.